The lowest BCUT2D eigenvalue weighted by Crippen LogP contribution is -2.33. The van der Waals surface area contributed by atoms with E-state index < -0.39 is 0 Å². The normalized spacial score (nSPS) is 13.3. The van der Waals surface area contributed by atoms with Gasteiger partial charge in [-0.05, 0) is 18.1 Å². The molecule has 0 saturated carbocycles. The summed E-state index contributed by atoms with van der Waals surface area (Å²) in [5.41, 5.74) is 1.91. The Labute approximate surface area is 142 Å². The Bertz CT molecular complexity index is 630. The summed E-state index contributed by atoms with van der Waals surface area (Å²) < 4.78 is 5.49. The van der Waals surface area contributed by atoms with Crippen molar-refractivity contribution in [1.29, 1.82) is 0 Å². The molecule has 0 radical (unpaired) electrons. The van der Waals surface area contributed by atoms with Crippen LogP contribution < -0.4 is 5.32 Å². The van der Waals surface area contributed by atoms with Gasteiger partial charge in [0, 0.05) is 24.2 Å². The van der Waals surface area contributed by atoms with Crippen LogP contribution in [0.4, 0.5) is 0 Å². The first kappa shape index (κ1) is 17.5. The average molecular weight is 332 g/mol. The number of carbonyl (C=O) groups is 1. The third kappa shape index (κ3) is 4.57. The Balaban J connectivity index is 2.03. The summed E-state index contributed by atoms with van der Waals surface area (Å²) >= 11 is 6.21. The first-order chi connectivity index (χ1) is 11.2. The molecule has 4 heteroatoms. The molecular formula is C19H22ClNO2. The molecule has 0 aliphatic heterocycles. The molecule has 2 aromatic rings. The van der Waals surface area contributed by atoms with Gasteiger partial charge in [-0.15, -0.1) is 0 Å². The van der Waals surface area contributed by atoms with Gasteiger partial charge in [-0.1, -0.05) is 67.1 Å². The second kappa shape index (κ2) is 8.70. The molecule has 0 spiro atoms. The standard InChI is InChI=1S/C19H22ClNO2/c1-3-15(14-9-5-4-6-10-14)19(22)21-13-18(23-2)16-11-7-8-12-17(16)20/h4-12,15,18H,3,13H2,1-2H3,(H,21,22)/t15-,18-/m1/s1. The van der Waals surface area contributed by atoms with Crippen molar-refractivity contribution >= 4 is 17.5 Å². The Morgan fingerprint density at radius 2 is 1.78 bits per heavy atom. The van der Waals surface area contributed by atoms with E-state index in [1.54, 1.807) is 7.11 Å². The Hall–Kier alpha value is -1.84. The highest BCUT2D eigenvalue weighted by molar-refractivity contribution is 6.31. The molecule has 0 aliphatic rings. The predicted octanol–water partition coefficient (Wildman–Crippen LogP) is 4.34. The van der Waals surface area contributed by atoms with Crippen molar-refractivity contribution in [3.63, 3.8) is 0 Å². The fourth-order valence-corrected chi connectivity index (χ4v) is 2.89. The van der Waals surface area contributed by atoms with Gasteiger partial charge in [-0.2, -0.15) is 0 Å². The van der Waals surface area contributed by atoms with Crippen LogP contribution in [0.25, 0.3) is 0 Å². The number of methoxy groups -OCH3 is 1. The van der Waals surface area contributed by atoms with E-state index in [2.05, 4.69) is 5.32 Å². The smallest absolute Gasteiger partial charge is 0.227 e. The van der Waals surface area contributed by atoms with E-state index in [4.69, 9.17) is 16.3 Å². The lowest BCUT2D eigenvalue weighted by Gasteiger charge is -2.20. The highest BCUT2D eigenvalue weighted by Crippen LogP contribution is 2.25. The van der Waals surface area contributed by atoms with Crippen molar-refractivity contribution < 1.29 is 9.53 Å². The van der Waals surface area contributed by atoms with Crippen LogP contribution in [0.1, 0.15) is 36.5 Å². The maximum Gasteiger partial charge on any atom is 0.227 e. The maximum absolute atomic E-state index is 12.5. The summed E-state index contributed by atoms with van der Waals surface area (Å²) in [6.07, 6.45) is 0.487. The minimum Gasteiger partial charge on any atom is -0.375 e. The van der Waals surface area contributed by atoms with Crippen molar-refractivity contribution in [3.05, 3.63) is 70.7 Å². The third-order valence-corrected chi connectivity index (χ3v) is 4.27. The molecule has 23 heavy (non-hydrogen) atoms. The van der Waals surface area contributed by atoms with Crippen LogP contribution in [-0.2, 0) is 9.53 Å². The third-order valence-electron chi connectivity index (χ3n) is 3.92. The quantitative estimate of drug-likeness (QED) is 0.819. The first-order valence-electron chi connectivity index (χ1n) is 7.77. The number of nitrogens with one attached hydrogen (secondary N) is 1. The van der Waals surface area contributed by atoms with E-state index in [9.17, 15) is 4.79 Å². The van der Waals surface area contributed by atoms with Gasteiger partial charge in [-0.25, -0.2) is 0 Å². The number of hydrogen-bond acceptors (Lipinski definition) is 2. The minimum absolute atomic E-state index is 0.00723. The number of hydrogen-bond donors (Lipinski definition) is 1. The second-order valence-electron chi connectivity index (χ2n) is 5.36. The van der Waals surface area contributed by atoms with Crippen LogP contribution in [0.2, 0.25) is 5.02 Å². The van der Waals surface area contributed by atoms with Crippen LogP contribution >= 0.6 is 11.6 Å². The predicted molar refractivity (Wildman–Crippen MR) is 93.7 cm³/mol. The molecule has 0 aliphatic carbocycles. The fourth-order valence-electron chi connectivity index (χ4n) is 2.63. The van der Waals surface area contributed by atoms with Gasteiger partial charge < -0.3 is 10.1 Å². The van der Waals surface area contributed by atoms with E-state index >= 15 is 0 Å². The van der Waals surface area contributed by atoms with Gasteiger partial charge in [0.25, 0.3) is 0 Å². The molecular weight excluding hydrogens is 310 g/mol. The molecule has 0 saturated heterocycles. The maximum atomic E-state index is 12.5. The number of amides is 1. The summed E-state index contributed by atoms with van der Waals surface area (Å²) in [7, 11) is 1.62. The Kier molecular flexibility index (Phi) is 6.63. The average Bonchev–Trinajstić information content (AvgIpc) is 2.58. The van der Waals surface area contributed by atoms with Crippen LogP contribution in [0, 0.1) is 0 Å². The van der Waals surface area contributed by atoms with Gasteiger partial charge in [0.05, 0.1) is 5.92 Å². The molecule has 2 atom stereocenters. The molecule has 0 fully saturated rings. The number of benzene rings is 2. The van der Waals surface area contributed by atoms with E-state index in [0.717, 1.165) is 17.5 Å². The van der Waals surface area contributed by atoms with E-state index in [1.807, 2.05) is 61.5 Å². The van der Waals surface area contributed by atoms with Gasteiger partial charge in [0.15, 0.2) is 0 Å². The molecule has 2 rings (SSSR count). The zero-order chi connectivity index (χ0) is 16.7. The van der Waals surface area contributed by atoms with Gasteiger partial charge in [0.1, 0.15) is 6.10 Å². The van der Waals surface area contributed by atoms with Crippen molar-refractivity contribution in [2.45, 2.75) is 25.4 Å². The highest BCUT2D eigenvalue weighted by Gasteiger charge is 2.20. The molecule has 2 aromatic carbocycles. The molecule has 0 heterocycles. The van der Waals surface area contributed by atoms with Gasteiger partial charge in [-0.3, -0.25) is 4.79 Å². The van der Waals surface area contributed by atoms with Crippen molar-refractivity contribution in [3.8, 4) is 0 Å². The number of ether oxygens (including phenoxy) is 1. The van der Waals surface area contributed by atoms with Crippen molar-refractivity contribution in [1.82, 2.24) is 5.32 Å². The van der Waals surface area contributed by atoms with Crippen molar-refractivity contribution in [2.24, 2.45) is 0 Å². The first-order valence-corrected chi connectivity index (χ1v) is 8.15. The summed E-state index contributed by atoms with van der Waals surface area (Å²) in [6, 6.07) is 17.3. The SMILES string of the molecule is CC[C@@H](C(=O)NC[C@@H](OC)c1ccccc1Cl)c1ccccc1. The zero-order valence-corrected chi connectivity index (χ0v) is 14.2. The molecule has 1 amide bonds. The van der Waals surface area contributed by atoms with Crippen LogP contribution in [0.5, 0.6) is 0 Å². The van der Waals surface area contributed by atoms with Crippen LogP contribution in [0.3, 0.4) is 0 Å². The second-order valence-corrected chi connectivity index (χ2v) is 5.77. The largest absolute Gasteiger partial charge is 0.375 e. The molecule has 3 nitrogen and oxygen atoms in total. The molecule has 122 valence electrons. The van der Waals surface area contributed by atoms with Gasteiger partial charge >= 0.3 is 0 Å². The molecule has 1 N–H and O–H groups in total. The van der Waals surface area contributed by atoms with Crippen LogP contribution in [-0.4, -0.2) is 19.6 Å². The monoisotopic (exact) mass is 331 g/mol. The lowest BCUT2D eigenvalue weighted by molar-refractivity contribution is -0.123. The molecule has 0 aromatic heterocycles. The minimum atomic E-state index is -0.263. The topological polar surface area (TPSA) is 38.3 Å². The zero-order valence-electron chi connectivity index (χ0n) is 13.5. The van der Waals surface area contributed by atoms with E-state index in [1.165, 1.54) is 0 Å². The summed E-state index contributed by atoms with van der Waals surface area (Å²) in [5.74, 6) is -0.146. The Morgan fingerprint density at radius 3 is 2.39 bits per heavy atom. The van der Waals surface area contributed by atoms with Crippen molar-refractivity contribution in [2.75, 3.05) is 13.7 Å². The van der Waals surface area contributed by atoms with Crippen LogP contribution in [0.15, 0.2) is 54.6 Å². The summed E-state index contributed by atoms with van der Waals surface area (Å²) in [6.45, 7) is 2.40. The fraction of sp³-hybridized carbons (Fsp3) is 0.316. The summed E-state index contributed by atoms with van der Waals surface area (Å²) in [5, 5.41) is 3.63. The highest BCUT2D eigenvalue weighted by atomic mass is 35.5. The molecule has 0 bridgehead atoms. The molecule has 0 unspecified atom stereocenters. The Morgan fingerprint density at radius 1 is 1.13 bits per heavy atom. The number of carbonyl (C=O) groups excluding carboxylic acids is 1. The van der Waals surface area contributed by atoms with E-state index in [0.29, 0.717) is 11.6 Å². The number of rotatable bonds is 7. The number of halogens is 1. The van der Waals surface area contributed by atoms with E-state index in [-0.39, 0.29) is 17.9 Å². The van der Waals surface area contributed by atoms with Gasteiger partial charge in [0.2, 0.25) is 5.91 Å². The lowest BCUT2D eigenvalue weighted by atomic mass is 9.95. The summed E-state index contributed by atoms with van der Waals surface area (Å²) in [4.78, 5) is 12.5.